The van der Waals surface area contributed by atoms with E-state index < -0.39 is 0 Å². The fraction of sp³-hybridized carbons (Fsp3) is 0.152. The van der Waals surface area contributed by atoms with Crippen LogP contribution in [-0.4, -0.2) is 34.8 Å². The van der Waals surface area contributed by atoms with Gasteiger partial charge in [-0.3, -0.25) is 4.79 Å². The van der Waals surface area contributed by atoms with Gasteiger partial charge in [0.05, 0.1) is 37.7 Å². The standard InChI is InChI=1S/C33H30FN3O4/c1-23-29(33(37(35-23)27-11-5-4-6-12-27)41-31-15-8-7-14-30(31)40-3)22-36(21-24-16-18-26(34)19-17-24)32(38)25-10-9-13-28(20-25)39-2/h4-20H,21-22H2,1-3H3. The van der Waals surface area contributed by atoms with Crippen LogP contribution >= 0.6 is 0 Å². The van der Waals surface area contributed by atoms with Crippen LogP contribution in [0, 0.1) is 12.7 Å². The molecule has 0 radical (unpaired) electrons. The second kappa shape index (κ2) is 12.4. The fourth-order valence-electron chi connectivity index (χ4n) is 4.52. The molecule has 0 bridgehead atoms. The minimum atomic E-state index is -0.341. The number of para-hydroxylation sites is 3. The third-order valence-corrected chi connectivity index (χ3v) is 6.65. The predicted molar refractivity (Wildman–Crippen MR) is 154 cm³/mol. The maximum atomic E-state index is 14.0. The van der Waals surface area contributed by atoms with Gasteiger partial charge in [-0.2, -0.15) is 5.10 Å². The predicted octanol–water partition coefficient (Wildman–Crippen LogP) is 6.97. The number of amides is 1. The average molecular weight is 552 g/mol. The van der Waals surface area contributed by atoms with E-state index in [1.807, 2.05) is 61.5 Å². The van der Waals surface area contributed by atoms with Gasteiger partial charge in [-0.1, -0.05) is 48.5 Å². The third-order valence-electron chi connectivity index (χ3n) is 6.65. The van der Waals surface area contributed by atoms with Crippen molar-refractivity contribution in [2.75, 3.05) is 14.2 Å². The van der Waals surface area contributed by atoms with Crippen molar-refractivity contribution in [1.29, 1.82) is 0 Å². The van der Waals surface area contributed by atoms with E-state index in [9.17, 15) is 9.18 Å². The molecular formula is C33H30FN3O4. The molecule has 208 valence electrons. The van der Waals surface area contributed by atoms with Crippen LogP contribution in [0.2, 0.25) is 0 Å². The molecule has 5 rings (SSSR count). The highest BCUT2D eigenvalue weighted by molar-refractivity contribution is 5.94. The van der Waals surface area contributed by atoms with E-state index in [0.717, 1.165) is 16.8 Å². The topological polar surface area (TPSA) is 65.8 Å². The van der Waals surface area contributed by atoms with Crippen molar-refractivity contribution in [3.8, 4) is 28.8 Å². The van der Waals surface area contributed by atoms with Crippen LogP contribution in [-0.2, 0) is 13.1 Å². The zero-order chi connectivity index (χ0) is 28.8. The first-order valence-corrected chi connectivity index (χ1v) is 13.1. The Morgan fingerprint density at radius 1 is 0.829 bits per heavy atom. The maximum Gasteiger partial charge on any atom is 0.254 e. The lowest BCUT2D eigenvalue weighted by Gasteiger charge is -2.24. The number of hydrogen-bond donors (Lipinski definition) is 0. The Labute approximate surface area is 238 Å². The number of hydrogen-bond acceptors (Lipinski definition) is 5. The van der Waals surface area contributed by atoms with Crippen molar-refractivity contribution >= 4 is 5.91 Å². The first-order valence-electron chi connectivity index (χ1n) is 13.1. The van der Waals surface area contributed by atoms with Gasteiger partial charge in [0.2, 0.25) is 5.88 Å². The van der Waals surface area contributed by atoms with Crippen molar-refractivity contribution in [2.24, 2.45) is 0 Å². The van der Waals surface area contributed by atoms with Crippen molar-refractivity contribution < 1.29 is 23.4 Å². The van der Waals surface area contributed by atoms with Crippen LogP contribution in [0.4, 0.5) is 4.39 Å². The van der Waals surface area contributed by atoms with Crippen LogP contribution in [0.25, 0.3) is 5.69 Å². The minimum absolute atomic E-state index is 0.177. The Balaban J connectivity index is 1.60. The van der Waals surface area contributed by atoms with Crippen LogP contribution in [0.1, 0.15) is 27.2 Å². The van der Waals surface area contributed by atoms with Crippen molar-refractivity contribution in [1.82, 2.24) is 14.7 Å². The molecule has 0 saturated heterocycles. The molecular weight excluding hydrogens is 521 g/mol. The number of halogens is 1. The van der Waals surface area contributed by atoms with Gasteiger partial charge in [0.1, 0.15) is 11.6 Å². The van der Waals surface area contributed by atoms with Crippen LogP contribution in [0.5, 0.6) is 23.1 Å². The molecule has 0 aliphatic carbocycles. The highest BCUT2D eigenvalue weighted by atomic mass is 19.1. The quantitative estimate of drug-likeness (QED) is 0.188. The molecule has 4 aromatic carbocycles. The second-order valence-corrected chi connectivity index (χ2v) is 9.39. The number of methoxy groups -OCH3 is 2. The summed E-state index contributed by atoms with van der Waals surface area (Å²) < 4.78 is 32.8. The van der Waals surface area contributed by atoms with Gasteiger partial charge >= 0.3 is 0 Å². The van der Waals surface area contributed by atoms with Crippen molar-refractivity contribution in [3.05, 3.63) is 131 Å². The van der Waals surface area contributed by atoms with Gasteiger partial charge in [-0.15, -0.1) is 0 Å². The van der Waals surface area contributed by atoms with Gasteiger partial charge < -0.3 is 19.1 Å². The molecule has 1 heterocycles. The minimum Gasteiger partial charge on any atom is -0.497 e. The Morgan fingerprint density at radius 3 is 2.24 bits per heavy atom. The number of nitrogens with zero attached hydrogens (tertiary/aromatic N) is 3. The summed E-state index contributed by atoms with van der Waals surface area (Å²) in [6.07, 6.45) is 0. The summed E-state index contributed by atoms with van der Waals surface area (Å²) in [5, 5.41) is 4.81. The number of rotatable bonds is 10. The normalized spacial score (nSPS) is 10.7. The van der Waals surface area contributed by atoms with Gasteiger partial charge in [0, 0.05) is 12.1 Å². The van der Waals surface area contributed by atoms with E-state index in [1.165, 1.54) is 12.1 Å². The number of aryl methyl sites for hydroxylation is 1. The lowest BCUT2D eigenvalue weighted by molar-refractivity contribution is 0.0728. The summed E-state index contributed by atoms with van der Waals surface area (Å²) in [6, 6.07) is 30.1. The second-order valence-electron chi connectivity index (χ2n) is 9.39. The number of carbonyl (C=O) groups excluding carboxylic acids is 1. The molecule has 1 amide bonds. The molecule has 0 atom stereocenters. The highest BCUT2D eigenvalue weighted by Crippen LogP contribution is 2.36. The number of aromatic nitrogens is 2. The fourth-order valence-corrected chi connectivity index (χ4v) is 4.52. The lowest BCUT2D eigenvalue weighted by atomic mass is 10.1. The SMILES string of the molecule is COc1cccc(C(=O)N(Cc2ccc(F)cc2)Cc2c(C)nn(-c3ccccc3)c2Oc2ccccc2OC)c1. The van der Waals surface area contributed by atoms with Gasteiger partial charge in [-0.25, -0.2) is 9.07 Å². The number of ether oxygens (including phenoxy) is 3. The van der Waals surface area contributed by atoms with E-state index in [0.29, 0.717) is 34.4 Å². The Bertz CT molecular complexity index is 1630. The van der Waals surface area contributed by atoms with Gasteiger partial charge in [0.15, 0.2) is 11.5 Å². The molecule has 5 aromatic rings. The number of carbonyl (C=O) groups is 1. The monoisotopic (exact) mass is 551 g/mol. The molecule has 7 nitrogen and oxygen atoms in total. The lowest BCUT2D eigenvalue weighted by Crippen LogP contribution is -2.30. The Morgan fingerprint density at radius 2 is 1.54 bits per heavy atom. The molecule has 0 fully saturated rings. The molecule has 0 N–H and O–H groups in total. The zero-order valence-electron chi connectivity index (χ0n) is 23.1. The van der Waals surface area contributed by atoms with E-state index in [1.54, 1.807) is 60.2 Å². The average Bonchev–Trinajstić information content (AvgIpc) is 3.32. The number of benzene rings is 4. The molecule has 8 heteroatoms. The molecule has 0 aliphatic heterocycles. The molecule has 0 spiro atoms. The molecule has 0 unspecified atom stereocenters. The first-order chi connectivity index (χ1) is 20.0. The summed E-state index contributed by atoms with van der Waals surface area (Å²) in [7, 11) is 3.14. The molecule has 0 aliphatic rings. The Kier molecular flexibility index (Phi) is 8.29. The van der Waals surface area contributed by atoms with Crippen LogP contribution in [0.15, 0.2) is 103 Å². The summed E-state index contributed by atoms with van der Waals surface area (Å²) in [6.45, 7) is 2.30. The summed E-state index contributed by atoms with van der Waals surface area (Å²) in [4.78, 5) is 15.6. The van der Waals surface area contributed by atoms with Gasteiger partial charge in [0.25, 0.3) is 5.91 Å². The van der Waals surface area contributed by atoms with E-state index >= 15 is 0 Å². The summed E-state index contributed by atoms with van der Waals surface area (Å²) >= 11 is 0. The van der Waals surface area contributed by atoms with E-state index in [-0.39, 0.29) is 24.8 Å². The van der Waals surface area contributed by atoms with Crippen LogP contribution in [0.3, 0.4) is 0 Å². The Hall–Kier alpha value is -5.11. The summed E-state index contributed by atoms with van der Waals surface area (Å²) in [5.74, 6) is 1.55. The first kappa shape index (κ1) is 27.5. The largest absolute Gasteiger partial charge is 0.497 e. The van der Waals surface area contributed by atoms with E-state index in [2.05, 4.69) is 0 Å². The highest BCUT2D eigenvalue weighted by Gasteiger charge is 2.25. The van der Waals surface area contributed by atoms with Gasteiger partial charge in [-0.05, 0) is 67.1 Å². The van der Waals surface area contributed by atoms with Crippen LogP contribution < -0.4 is 14.2 Å². The molecule has 1 aromatic heterocycles. The zero-order valence-corrected chi connectivity index (χ0v) is 23.1. The third kappa shape index (κ3) is 6.22. The smallest absolute Gasteiger partial charge is 0.254 e. The van der Waals surface area contributed by atoms with Crippen molar-refractivity contribution in [3.63, 3.8) is 0 Å². The molecule has 0 saturated carbocycles. The van der Waals surface area contributed by atoms with E-state index in [4.69, 9.17) is 19.3 Å². The van der Waals surface area contributed by atoms with Crippen molar-refractivity contribution in [2.45, 2.75) is 20.0 Å². The maximum absolute atomic E-state index is 14.0. The summed E-state index contributed by atoms with van der Waals surface area (Å²) in [5.41, 5.74) is 3.46. The molecule has 41 heavy (non-hydrogen) atoms.